The van der Waals surface area contributed by atoms with Crippen LogP contribution in [0, 0.1) is 0 Å². The van der Waals surface area contributed by atoms with Crippen molar-refractivity contribution in [3.8, 4) is 0 Å². The van der Waals surface area contributed by atoms with Crippen LogP contribution < -0.4 is 10.2 Å². The summed E-state index contributed by atoms with van der Waals surface area (Å²) < 4.78 is 0. The first kappa shape index (κ1) is 12.2. The molecule has 2 aliphatic rings. The molecule has 2 amide bonds. The third-order valence-electron chi connectivity index (χ3n) is 3.82. The molecule has 19 heavy (non-hydrogen) atoms. The van der Waals surface area contributed by atoms with Gasteiger partial charge in [0.05, 0.1) is 6.04 Å². The van der Waals surface area contributed by atoms with Gasteiger partial charge in [0.1, 0.15) is 0 Å². The second-order valence-electron chi connectivity index (χ2n) is 5.31. The van der Waals surface area contributed by atoms with Gasteiger partial charge in [0.25, 0.3) is 0 Å². The number of carbonyl (C=O) groups excluding carboxylic acids is 1. The van der Waals surface area contributed by atoms with Gasteiger partial charge in [-0.3, -0.25) is 0 Å². The second kappa shape index (κ2) is 5.03. The summed E-state index contributed by atoms with van der Waals surface area (Å²) in [6.07, 6.45) is 4.89. The fraction of sp³-hybridized carbons (Fsp3) is 0.615. The van der Waals surface area contributed by atoms with Gasteiger partial charge in [0.2, 0.25) is 0 Å². The van der Waals surface area contributed by atoms with E-state index in [0.29, 0.717) is 6.04 Å². The average Bonchev–Trinajstić information content (AvgIpc) is 3.12. The Bertz CT molecular complexity index is 448. The van der Waals surface area contributed by atoms with Crippen molar-refractivity contribution < 1.29 is 4.79 Å². The lowest BCUT2D eigenvalue weighted by molar-refractivity contribution is 0.194. The summed E-state index contributed by atoms with van der Waals surface area (Å²) in [5, 5.41) is 11.0. The SMILES string of the molecule is CN(C(=O)NC1CC1)C1CCN(c2cccnn2)C1. The van der Waals surface area contributed by atoms with Crippen LogP contribution in [0.25, 0.3) is 0 Å². The highest BCUT2D eigenvalue weighted by molar-refractivity contribution is 5.75. The third-order valence-corrected chi connectivity index (χ3v) is 3.82. The number of urea groups is 1. The number of amides is 2. The fourth-order valence-corrected chi connectivity index (χ4v) is 2.40. The molecule has 1 saturated carbocycles. The van der Waals surface area contributed by atoms with E-state index in [1.807, 2.05) is 24.1 Å². The Labute approximate surface area is 112 Å². The van der Waals surface area contributed by atoms with Gasteiger partial charge in [0.15, 0.2) is 5.82 Å². The van der Waals surface area contributed by atoms with Crippen molar-refractivity contribution >= 4 is 11.8 Å². The van der Waals surface area contributed by atoms with E-state index in [2.05, 4.69) is 20.4 Å². The van der Waals surface area contributed by atoms with Crippen molar-refractivity contribution in [1.82, 2.24) is 20.4 Å². The van der Waals surface area contributed by atoms with Crippen molar-refractivity contribution in [1.29, 1.82) is 0 Å². The van der Waals surface area contributed by atoms with Gasteiger partial charge in [-0.05, 0) is 31.4 Å². The highest BCUT2D eigenvalue weighted by atomic mass is 16.2. The quantitative estimate of drug-likeness (QED) is 0.876. The molecule has 0 spiro atoms. The van der Waals surface area contributed by atoms with Gasteiger partial charge in [-0.1, -0.05) is 0 Å². The number of hydrogen-bond donors (Lipinski definition) is 1. The first-order chi connectivity index (χ1) is 9.24. The Balaban J connectivity index is 1.57. The van der Waals surface area contributed by atoms with Crippen LogP contribution in [0.15, 0.2) is 18.3 Å². The van der Waals surface area contributed by atoms with Crippen LogP contribution in [0.3, 0.4) is 0 Å². The van der Waals surface area contributed by atoms with Crippen LogP contribution in [0.1, 0.15) is 19.3 Å². The predicted molar refractivity (Wildman–Crippen MR) is 72.0 cm³/mol. The minimum Gasteiger partial charge on any atom is -0.353 e. The number of hydrogen-bond acceptors (Lipinski definition) is 4. The molecule has 2 fully saturated rings. The van der Waals surface area contributed by atoms with E-state index in [-0.39, 0.29) is 12.1 Å². The standard InChI is InChI=1S/C13H19N5O/c1-17(13(19)15-10-4-5-10)11-6-8-18(9-11)12-3-2-7-14-16-12/h2-3,7,10-11H,4-6,8-9H2,1H3,(H,15,19). The first-order valence-corrected chi connectivity index (χ1v) is 6.80. The van der Waals surface area contributed by atoms with Crippen molar-refractivity contribution in [3.05, 3.63) is 18.3 Å². The lowest BCUT2D eigenvalue weighted by Crippen LogP contribution is -2.45. The monoisotopic (exact) mass is 261 g/mol. The molecule has 1 aliphatic heterocycles. The first-order valence-electron chi connectivity index (χ1n) is 6.80. The summed E-state index contributed by atoms with van der Waals surface area (Å²) in [6.45, 7) is 1.75. The van der Waals surface area contributed by atoms with Crippen LogP contribution in [0.5, 0.6) is 0 Å². The molecule has 3 rings (SSSR count). The number of rotatable bonds is 3. The minimum absolute atomic E-state index is 0.0495. The van der Waals surface area contributed by atoms with E-state index in [1.165, 1.54) is 0 Å². The maximum absolute atomic E-state index is 12.0. The van der Waals surface area contributed by atoms with Crippen molar-refractivity contribution in [2.24, 2.45) is 0 Å². The Morgan fingerprint density at radius 3 is 3.00 bits per heavy atom. The second-order valence-corrected chi connectivity index (χ2v) is 5.31. The smallest absolute Gasteiger partial charge is 0.317 e. The Hall–Kier alpha value is -1.85. The van der Waals surface area contributed by atoms with Gasteiger partial charge < -0.3 is 15.1 Å². The summed E-state index contributed by atoms with van der Waals surface area (Å²) in [5.74, 6) is 0.890. The minimum atomic E-state index is 0.0495. The van der Waals surface area contributed by atoms with Gasteiger partial charge in [-0.2, -0.15) is 5.10 Å². The highest BCUT2D eigenvalue weighted by Gasteiger charge is 2.31. The fourth-order valence-electron chi connectivity index (χ4n) is 2.40. The predicted octanol–water partition coefficient (Wildman–Crippen LogP) is 0.859. The lowest BCUT2D eigenvalue weighted by Gasteiger charge is -2.25. The number of nitrogens with one attached hydrogen (secondary N) is 1. The summed E-state index contributed by atoms with van der Waals surface area (Å²) >= 11 is 0. The largest absolute Gasteiger partial charge is 0.353 e. The molecule has 6 heteroatoms. The third kappa shape index (κ3) is 2.77. The van der Waals surface area contributed by atoms with Gasteiger partial charge >= 0.3 is 6.03 Å². The summed E-state index contributed by atoms with van der Waals surface area (Å²) in [4.78, 5) is 16.0. The van der Waals surface area contributed by atoms with Crippen LogP contribution in [0.2, 0.25) is 0 Å². The van der Waals surface area contributed by atoms with E-state index < -0.39 is 0 Å². The number of carbonyl (C=O) groups is 1. The Morgan fingerprint density at radius 1 is 1.47 bits per heavy atom. The van der Waals surface area contributed by atoms with Gasteiger partial charge in [-0.25, -0.2) is 4.79 Å². The van der Waals surface area contributed by atoms with Crippen LogP contribution >= 0.6 is 0 Å². The number of likely N-dealkylation sites (N-methyl/N-ethyl adjacent to an activating group) is 1. The molecule has 0 bridgehead atoms. The molecule has 0 radical (unpaired) electrons. The molecule has 2 heterocycles. The Morgan fingerprint density at radius 2 is 2.32 bits per heavy atom. The average molecular weight is 261 g/mol. The molecule has 1 aliphatic carbocycles. The zero-order valence-electron chi connectivity index (χ0n) is 11.1. The Kier molecular flexibility index (Phi) is 3.23. The topological polar surface area (TPSA) is 61.4 Å². The lowest BCUT2D eigenvalue weighted by atomic mass is 10.2. The highest BCUT2D eigenvalue weighted by Crippen LogP contribution is 2.22. The molecule has 102 valence electrons. The maximum atomic E-state index is 12.0. The summed E-state index contributed by atoms with van der Waals surface area (Å²) in [5.41, 5.74) is 0. The molecule has 1 atom stereocenters. The summed E-state index contributed by atoms with van der Waals surface area (Å²) in [6, 6.07) is 4.56. The normalized spacial score (nSPS) is 22.4. The molecular weight excluding hydrogens is 242 g/mol. The van der Waals surface area contributed by atoms with Crippen molar-refractivity contribution in [2.45, 2.75) is 31.3 Å². The maximum Gasteiger partial charge on any atom is 0.317 e. The van der Waals surface area contributed by atoms with Crippen molar-refractivity contribution in [3.63, 3.8) is 0 Å². The number of aromatic nitrogens is 2. The number of nitrogens with zero attached hydrogens (tertiary/aromatic N) is 4. The molecule has 1 aromatic heterocycles. The zero-order valence-corrected chi connectivity index (χ0v) is 11.1. The van der Waals surface area contributed by atoms with Crippen LogP contribution in [-0.4, -0.2) is 53.3 Å². The van der Waals surface area contributed by atoms with E-state index >= 15 is 0 Å². The van der Waals surface area contributed by atoms with Gasteiger partial charge in [0, 0.05) is 32.4 Å². The molecule has 6 nitrogen and oxygen atoms in total. The molecule has 1 saturated heterocycles. The molecule has 0 aromatic carbocycles. The van der Waals surface area contributed by atoms with E-state index in [9.17, 15) is 4.79 Å². The van der Waals surface area contributed by atoms with Crippen LogP contribution in [-0.2, 0) is 0 Å². The molecule has 1 unspecified atom stereocenters. The van der Waals surface area contributed by atoms with E-state index in [4.69, 9.17) is 0 Å². The molecule has 1 N–H and O–H groups in total. The van der Waals surface area contributed by atoms with Crippen molar-refractivity contribution in [2.75, 3.05) is 25.0 Å². The van der Waals surface area contributed by atoms with Crippen LogP contribution in [0.4, 0.5) is 10.6 Å². The number of anilines is 1. The summed E-state index contributed by atoms with van der Waals surface area (Å²) in [7, 11) is 1.88. The van der Waals surface area contributed by atoms with E-state index in [0.717, 1.165) is 38.2 Å². The molecule has 1 aromatic rings. The molecular formula is C13H19N5O. The van der Waals surface area contributed by atoms with Gasteiger partial charge in [-0.15, -0.1) is 5.10 Å². The van der Waals surface area contributed by atoms with E-state index in [1.54, 1.807) is 6.20 Å². The zero-order chi connectivity index (χ0) is 13.2.